The molecule has 0 aromatic heterocycles. The van der Waals surface area contributed by atoms with E-state index >= 15 is 0 Å². The Hall–Kier alpha value is 2.44. The molecule has 0 bridgehead atoms. The first kappa shape index (κ1) is 32.0. The molecule has 0 atom stereocenters. The van der Waals surface area contributed by atoms with Crippen LogP contribution >= 0.6 is 0 Å². The van der Waals surface area contributed by atoms with Crippen LogP contribution in [0.4, 0.5) is 0 Å². The SMILES string of the molecule is [Ca+2].[H-].[Na+].[O-2].[SiH4]. The van der Waals surface area contributed by atoms with Crippen LogP contribution in [-0.2, 0) is 5.48 Å². The van der Waals surface area contributed by atoms with Gasteiger partial charge in [0.05, 0.1) is 0 Å². The molecular formula is H5CaNaOSi. The van der Waals surface area contributed by atoms with Gasteiger partial charge in [0.2, 0.25) is 0 Å². The van der Waals surface area contributed by atoms with Gasteiger partial charge in [-0.1, -0.05) is 0 Å². The summed E-state index contributed by atoms with van der Waals surface area (Å²) in [6, 6.07) is 0. The van der Waals surface area contributed by atoms with Crippen molar-refractivity contribution < 1.29 is 36.5 Å². The second-order valence-electron chi connectivity index (χ2n) is 0. The average Bonchev–Trinajstić information content (AvgIpc) is 0. The van der Waals surface area contributed by atoms with Gasteiger partial charge >= 0.3 is 67.3 Å². The van der Waals surface area contributed by atoms with Crippen molar-refractivity contribution >= 4 is 48.7 Å². The molecule has 18 valence electrons. The van der Waals surface area contributed by atoms with Crippen molar-refractivity contribution in [2.24, 2.45) is 0 Å². The van der Waals surface area contributed by atoms with Gasteiger partial charge in [-0.2, -0.15) is 0 Å². The first-order valence-electron chi connectivity index (χ1n) is 0. The molecule has 0 aliphatic heterocycles. The smallest absolute Gasteiger partial charge is 2.00 e. The van der Waals surface area contributed by atoms with Crippen LogP contribution in [-0.4, -0.2) is 48.7 Å². The third-order valence-electron chi connectivity index (χ3n) is 0. The summed E-state index contributed by atoms with van der Waals surface area (Å²) in [4.78, 5) is 0. The second kappa shape index (κ2) is 18.0. The molecule has 1 nitrogen and oxygen atoms in total. The molecule has 0 aromatic carbocycles. The molecule has 0 rings (SSSR count). The summed E-state index contributed by atoms with van der Waals surface area (Å²) >= 11 is 0. The number of hydrogen-bond acceptors (Lipinski definition) is 0. The summed E-state index contributed by atoms with van der Waals surface area (Å²) < 4.78 is 0. The Balaban J connectivity index is 0. The Labute approximate surface area is 83.6 Å². The fraction of sp³-hybridized carbons (Fsp3) is 0. The van der Waals surface area contributed by atoms with Crippen LogP contribution in [0.15, 0.2) is 0 Å². The van der Waals surface area contributed by atoms with E-state index in [2.05, 4.69) is 0 Å². The van der Waals surface area contributed by atoms with Crippen LogP contribution < -0.4 is 29.6 Å². The molecule has 0 N–H and O–H groups in total. The summed E-state index contributed by atoms with van der Waals surface area (Å²) in [6.07, 6.45) is 0. The molecule has 0 amide bonds. The third kappa shape index (κ3) is 8.83. The summed E-state index contributed by atoms with van der Waals surface area (Å²) in [5.74, 6) is 0. The van der Waals surface area contributed by atoms with Crippen LogP contribution in [0.1, 0.15) is 1.43 Å². The van der Waals surface area contributed by atoms with E-state index in [-0.39, 0.29) is 85.2 Å². The van der Waals surface area contributed by atoms with Gasteiger partial charge in [-0.25, -0.2) is 0 Å². The number of hydrogen-bond donors (Lipinski definition) is 0. The van der Waals surface area contributed by atoms with Gasteiger partial charge in [0.1, 0.15) is 0 Å². The maximum atomic E-state index is 0. The molecule has 0 aliphatic rings. The van der Waals surface area contributed by atoms with E-state index in [4.69, 9.17) is 0 Å². The Morgan fingerprint density at radius 1 is 1.25 bits per heavy atom. The first-order chi connectivity index (χ1) is 0. The van der Waals surface area contributed by atoms with Gasteiger partial charge in [0.25, 0.3) is 0 Å². The van der Waals surface area contributed by atoms with Crippen molar-refractivity contribution in [3.8, 4) is 0 Å². The van der Waals surface area contributed by atoms with Gasteiger partial charge < -0.3 is 6.90 Å². The van der Waals surface area contributed by atoms with Crippen molar-refractivity contribution in [3.05, 3.63) is 0 Å². The first-order valence-corrected chi connectivity index (χ1v) is 0. The quantitative estimate of drug-likeness (QED) is 0.281. The number of rotatable bonds is 0. The monoisotopic (exact) mass is 112 g/mol. The molecule has 4 heavy (non-hydrogen) atoms. The Kier molecular flexibility index (Phi) is 144. The molecule has 0 saturated carbocycles. The molecule has 0 heterocycles. The van der Waals surface area contributed by atoms with Crippen LogP contribution in [0, 0.1) is 0 Å². The molecule has 0 spiro atoms. The fourth-order valence-corrected chi connectivity index (χ4v) is 0. The van der Waals surface area contributed by atoms with Crippen LogP contribution in [0.25, 0.3) is 0 Å². The predicted octanol–water partition coefficient (Wildman–Crippen LogP) is -4.83. The minimum absolute atomic E-state index is 0. The van der Waals surface area contributed by atoms with Crippen molar-refractivity contribution in [1.82, 2.24) is 0 Å². The van der Waals surface area contributed by atoms with E-state index in [9.17, 15) is 0 Å². The maximum Gasteiger partial charge on any atom is 2.00 e. The zero-order valence-corrected chi connectivity index (χ0v) is 6.32. The van der Waals surface area contributed by atoms with E-state index in [1.165, 1.54) is 0 Å². The summed E-state index contributed by atoms with van der Waals surface area (Å²) in [5, 5.41) is 0. The van der Waals surface area contributed by atoms with Crippen LogP contribution in [0.3, 0.4) is 0 Å². The molecule has 4 heteroatoms. The van der Waals surface area contributed by atoms with Gasteiger partial charge in [0, 0.05) is 0 Å². The molecule has 0 unspecified atom stereocenters. The zero-order chi connectivity index (χ0) is 0. The van der Waals surface area contributed by atoms with E-state index in [1.54, 1.807) is 0 Å². The van der Waals surface area contributed by atoms with Crippen LogP contribution in [0.5, 0.6) is 0 Å². The summed E-state index contributed by atoms with van der Waals surface area (Å²) in [5.41, 5.74) is 0. The Morgan fingerprint density at radius 3 is 1.25 bits per heavy atom. The zero-order valence-electron chi connectivity index (χ0n) is 3.12. The summed E-state index contributed by atoms with van der Waals surface area (Å²) in [6.45, 7) is 0. The average molecular weight is 112 g/mol. The molecule has 0 saturated heterocycles. The standard InChI is InChI=1S/Ca.Na.O.H4Si.H/h;;;1H4;/q+2;+1;-2;;-1. The van der Waals surface area contributed by atoms with E-state index in [0.29, 0.717) is 0 Å². The van der Waals surface area contributed by atoms with E-state index < -0.39 is 0 Å². The second-order valence-corrected chi connectivity index (χ2v) is 0. The minimum Gasteiger partial charge on any atom is -2.00 e. The Morgan fingerprint density at radius 2 is 1.25 bits per heavy atom. The Bertz CT molecular complexity index is 11.6. The van der Waals surface area contributed by atoms with Gasteiger partial charge in [0.15, 0.2) is 0 Å². The van der Waals surface area contributed by atoms with Gasteiger partial charge in [-0.3, -0.25) is 0 Å². The van der Waals surface area contributed by atoms with Crippen molar-refractivity contribution in [1.29, 1.82) is 0 Å². The van der Waals surface area contributed by atoms with E-state index in [0.717, 1.165) is 0 Å². The molecule has 0 aliphatic carbocycles. The molecule has 0 aromatic rings. The van der Waals surface area contributed by atoms with Gasteiger partial charge in [-0.05, 0) is 11.0 Å². The minimum atomic E-state index is 0. The molecule has 0 fully saturated rings. The summed E-state index contributed by atoms with van der Waals surface area (Å²) in [7, 11) is 0. The van der Waals surface area contributed by atoms with Gasteiger partial charge in [-0.15, -0.1) is 0 Å². The van der Waals surface area contributed by atoms with Crippen molar-refractivity contribution in [2.75, 3.05) is 0 Å². The predicted molar refractivity (Wildman–Crippen MR) is 18.9 cm³/mol. The largest absolute Gasteiger partial charge is 2.00 e. The van der Waals surface area contributed by atoms with Crippen LogP contribution in [0.2, 0.25) is 0 Å². The topological polar surface area (TPSA) is 28.5 Å². The fourth-order valence-electron chi connectivity index (χ4n) is 0. The van der Waals surface area contributed by atoms with E-state index in [1.807, 2.05) is 0 Å². The van der Waals surface area contributed by atoms with Crippen molar-refractivity contribution in [2.45, 2.75) is 0 Å². The normalized spacial score (nSPS) is 0. The molecular weight excluding hydrogens is 107 g/mol. The molecule has 0 radical (unpaired) electrons. The third-order valence-corrected chi connectivity index (χ3v) is 0. The van der Waals surface area contributed by atoms with Crippen molar-refractivity contribution in [3.63, 3.8) is 0 Å². The maximum absolute atomic E-state index is 0.